The zero-order valence-corrected chi connectivity index (χ0v) is 16.3. The average molecular weight is 384 g/mol. The van der Waals surface area contributed by atoms with Crippen LogP contribution in [0.15, 0.2) is 24.3 Å². The number of primary amides is 1. The fourth-order valence-corrected chi connectivity index (χ4v) is 6.07. The van der Waals surface area contributed by atoms with E-state index in [1.54, 1.807) is 31.2 Å². The lowest BCUT2D eigenvalue weighted by Crippen LogP contribution is -2.52. The molecule has 4 fully saturated rings. The number of ketones is 1. The van der Waals surface area contributed by atoms with Gasteiger partial charge in [-0.15, -0.1) is 0 Å². The lowest BCUT2D eigenvalue weighted by Gasteiger charge is -2.56. The zero-order chi connectivity index (χ0) is 19.9. The Balaban J connectivity index is 1.38. The van der Waals surface area contributed by atoms with Gasteiger partial charge in [0.1, 0.15) is 0 Å². The first kappa shape index (κ1) is 19.0. The maximum atomic E-state index is 13.2. The van der Waals surface area contributed by atoms with E-state index in [1.807, 2.05) is 0 Å². The highest BCUT2D eigenvalue weighted by molar-refractivity contribution is 5.94. The van der Waals surface area contributed by atoms with Gasteiger partial charge in [0.25, 0.3) is 0 Å². The van der Waals surface area contributed by atoms with Gasteiger partial charge in [0.15, 0.2) is 11.9 Å². The van der Waals surface area contributed by atoms with Crippen molar-refractivity contribution in [2.45, 2.75) is 58.1 Å². The summed E-state index contributed by atoms with van der Waals surface area (Å²) in [7, 11) is 0. The van der Waals surface area contributed by atoms with Crippen LogP contribution in [0.5, 0.6) is 0 Å². The summed E-state index contributed by atoms with van der Waals surface area (Å²) < 4.78 is 5.55. The average Bonchev–Trinajstić information content (AvgIpc) is 2.65. The highest BCUT2D eigenvalue weighted by Gasteiger charge is 2.55. The Kier molecular flexibility index (Phi) is 4.89. The highest BCUT2D eigenvalue weighted by atomic mass is 16.5. The van der Waals surface area contributed by atoms with Crippen molar-refractivity contribution in [2.75, 3.05) is 0 Å². The number of amides is 2. The van der Waals surface area contributed by atoms with E-state index in [0.29, 0.717) is 29.9 Å². The number of esters is 1. The summed E-state index contributed by atoms with van der Waals surface area (Å²) in [5.41, 5.74) is 6.01. The molecule has 0 saturated heterocycles. The second-order valence-electron chi connectivity index (χ2n) is 9.02. The molecular weight excluding hydrogens is 356 g/mol. The third kappa shape index (κ3) is 3.64. The molecule has 6 heteroatoms. The Morgan fingerprint density at radius 2 is 1.61 bits per heavy atom. The van der Waals surface area contributed by atoms with Gasteiger partial charge in [-0.1, -0.05) is 12.1 Å². The Morgan fingerprint density at radius 3 is 2.11 bits per heavy atom. The normalized spacial score (nSPS) is 31.2. The predicted octanol–water partition coefficient (Wildman–Crippen LogP) is 3.19. The molecular formula is C22H28N2O4. The molecule has 0 aromatic heterocycles. The number of ether oxygens (including phenoxy) is 1. The van der Waals surface area contributed by atoms with Crippen LogP contribution in [0.25, 0.3) is 0 Å². The van der Waals surface area contributed by atoms with E-state index in [9.17, 15) is 14.4 Å². The first-order valence-corrected chi connectivity index (χ1v) is 10.2. The van der Waals surface area contributed by atoms with Crippen molar-refractivity contribution in [1.82, 2.24) is 5.32 Å². The van der Waals surface area contributed by atoms with E-state index in [1.165, 1.54) is 19.3 Å². The number of nitrogens with two attached hydrogens (primary N) is 1. The molecule has 3 N–H and O–H groups in total. The quantitative estimate of drug-likeness (QED) is 0.736. The van der Waals surface area contributed by atoms with Crippen LogP contribution in [-0.2, 0) is 16.1 Å². The van der Waals surface area contributed by atoms with Crippen LogP contribution in [0.4, 0.5) is 4.79 Å². The van der Waals surface area contributed by atoms with Gasteiger partial charge in [-0.3, -0.25) is 4.79 Å². The van der Waals surface area contributed by atoms with Crippen LogP contribution < -0.4 is 11.1 Å². The van der Waals surface area contributed by atoms with Gasteiger partial charge in [0.2, 0.25) is 0 Å². The molecule has 28 heavy (non-hydrogen) atoms. The largest absolute Gasteiger partial charge is 0.451 e. The summed E-state index contributed by atoms with van der Waals surface area (Å²) in [6.45, 7) is 2.01. The third-order valence-corrected chi connectivity index (χ3v) is 6.87. The topological polar surface area (TPSA) is 98.5 Å². The number of carbonyl (C=O) groups is 3. The number of benzene rings is 1. The van der Waals surface area contributed by atoms with Crippen molar-refractivity contribution in [2.24, 2.45) is 28.9 Å². The van der Waals surface area contributed by atoms with Crippen LogP contribution in [0.2, 0.25) is 0 Å². The number of hydrogen-bond acceptors (Lipinski definition) is 4. The Bertz CT molecular complexity index is 751. The van der Waals surface area contributed by atoms with Crippen LogP contribution in [0, 0.1) is 23.2 Å². The van der Waals surface area contributed by atoms with E-state index in [4.69, 9.17) is 10.5 Å². The molecule has 4 saturated carbocycles. The van der Waals surface area contributed by atoms with Crippen LogP contribution in [0.1, 0.15) is 61.4 Å². The molecule has 0 spiro atoms. The van der Waals surface area contributed by atoms with Gasteiger partial charge in [-0.2, -0.15) is 0 Å². The number of carbonyl (C=O) groups excluding carboxylic acids is 3. The van der Waals surface area contributed by atoms with Crippen molar-refractivity contribution in [1.29, 1.82) is 0 Å². The summed E-state index contributed by atoms with van der Waals surface area (Å²) in [4.78, 5) is 36.5. The molecule has 150 valence electrons. The minimum absolute atomic E-state index is 0.113. The van der Waals surface area contributed by atoms with E-state index in [-0.39, 0.29) is 11.2 Å². The summed E-state index contributed by atoms with van der Waals surface area (Å²) in [5, 5.41) is 2.50. The molecule has 2 amide bonds. The minimum Gasteiger partial charge on any atom is -0.451 e. The summed E-state index contributed by atoms with van der Waals surface area (Å²) in [5.74, 6) is 1.67. The number of urea groups is 1. The monoisotopic (exact) mass is 384 g/mol. The minimum atomic E-state index is -0.722. The lowest BCUT2D eigenvalue weighted by atomic mass is 9.48. The second-order valence-corrected chi connectivity index (χ2v) is 9.02. The molecule has 1 unspecified atom stereocenters. The standard InChI is InChI=1S/C22H28N2O4/c1-13(19(25)22-9-15-6-16(10-22)8-17(7-15)11-22)28-20(26)18-4-2-14(3-5-18)12-24-21(23)27/h2-5,13,15-17H,6-12H2,1H3,(H3,23,24,27). The molecule has 0 radical (unpaired) electrons. The Morgan fingerprint density at radius 1 is 1.07 bits per heavy atom. The number of nitrogens with one attached hydrogen (secondary N) is 1. The van der Waals surface area contributed by atoms with Crippen molar-refractivity contribution in [3.63, 3.8) is 0 Å². The number of Topliss-reactive ketones (excluding diaryl/α,β-unsaturated/α-hetero) is 1. The van der Waals surface area contributed by atoms with Crippen LogP contribution >= 0.6 is 0 Å². The fraction of sp³-hybridized carbons (Fsp3) is 0.591. The number of rotatable bonds is 6. The lowest BCUT2D eigenvalue weighted by molar-refractivity contribution is -0.152. The van der Waals surface area contributed by atoms with E-state index in [2.05, 4.69) is 5.32 Å². The van der Waals surface area contributed by atoms with Crippen molar-refractivity contribution in [3.05, 3.63) is 35.4 Å². The SMILES string of the molecule is CC(OC(=O)c1ccc(CNC(N)=O)cc1)C(=O)C12CC3CC(CC(C3)C1)C2. The molecule has 6 nitrogen and oxygen atoms in total. The summed E-state index contributed by atoms with van der Waals surface area (Å²) in [6.07, 6.45) is 6.02. The van der Waals surface area contributed by atoms with E-state index < -0.39 is 18.1 Å². The highest BCUT2D eigenvalue weighted by Crippen LogP contribution is 2.60. The van der Waals surface area contributed by atoms with Crippen LogP contribution in [-0.4, -0.2) is 23.9 Å². The molecule has 4 aliphatic carbocycles. The molecule has 1 atom stereocenters. The summed E-state index contributed by atoms with van der Waals surface area (Å²) >= 11 is 0. The van der Waals surface area contributed by atoms with Crippen molar-refractivity contribution < 1.29 is 19.1 Å². The first-order valence-electron chi connectivity index (χ1n) is 10.2. The smallest absolute Gasteiger partial charge is 0.338 e. The maximum Gasteiger partial charge on any atom is 0.338 e. The van der Waals surface area contributed by atoms with Gasteiger partial charge >= 0.3 is 12.0 Å². The van der Waals surface area contributed by atoms with Gasteiger partial charge < -0.3 is 15.8 Å². The number of hydrogen-bond donors (Lipinski definition) is 2. The fourth-order valence-electron chi connectivity index (χ4n) is 6.07. The van der Waals surface area contributed by atoms with E-state index in [0.717, 1.165) is 24.8 Å². The molecule has 4 bridgehead atoms. The van der Waals surface area contributed by atoms with Crippen molar-refractivity contribution in [3.8, 4) is 0 Å². The molecule has 5 rings (SSSR count). The molecule has 1 aromatic carbocycles. The zero-order valence-electron chi connectivity index (χ0n) is 16.3. The third-order valence-electron chi connectivity index (χ3n) is 6.87. The molecule has 1 aromatic rings. The second kappa shape index (κ2) is 7.22. The van der Waals surface area contributed by atoms with Gasteiger partial charge in [0, 0.05) is 12.0 Å². The van der Waals surface area contributed by atoms with Crippen LogP contribution in [0.3, 0.4) is 0 Å². The van der Waals surface area contributed by atoms with E-state index >= 15 is 0 Å². The van der Waals surface area contributed by atoms with Gasteiger partial charge in [-0.05, 0) is 80.9 Å². The Labute approximate surface area is 165 Å². The van der Waals surface area contributed by atoms with Gasteiger partial charge in [-0.25, -0.2) is 9.59 Å². The first-order chi connectivity index (χ1) is 13.3. The Hall–Kier alpha value is -2.37. The molecule has 0 aliphatic heterocycles. The molecule has 4 aliphatic rings. The maximum absolute atomic E-state index is 13.2. The molecule has 0 heterocycles. The van der Waals surface area contributed by atoms with Gasteiger partial charge in [0.05, 0.1) is 5.56 Å². The summed E-state index contributed by atoms with van der Waals surface area (Å²) in [6, 6.07) is 6.15. The van der Waals surface area contributed by atoms with Crippen molar-refractivity contribution >= 4 is 17.8 Å². The predicted molar refractivity (Wildman–Crippen MR) is 103 cm³/mol.